The number of hydrogen-bond donors (Lipinski definition) is 2. The van der Waals surface area contributed by atoms with Crippen LogP contribution in [-0.2, 0) is 40.4 Å². The van der Waals surface area contributed by atoms with Crippen LogP contribution in [0.2, 0.25) is 0 Å². The number of benzene rings is 3. The van der Waals surface area contributed by atoms with Crippen molar-refractivity contribution in [2.24, 2.45) is 0 Å². The number of amides is 2. The standard InChI is InChI=1S/C26H24N4O3/c31-24(13-19-10-11-20-8-4-5-9-21(20)12-19)27-26-22-14-30(15-23(22)28-29-26)25(32)17-33-16-18-6-2-1-3-7-18/h1-12H,13-17H2,(H2,27,28,29,31). The third-order valence-electron chi connectivity index (χ3n) is 5.78. The average molecular weight is 441 g/mol. The van der Waals surface area contributed by atoms with Gasteiger partial charge in [-0.1, -0.05) is 72.8 Å². The van der Waals surface area contributed by atoms with Crippen molar-refractivity contribution in [3.63, 3.8) is 0 Å². The lowest BCUT2D eigenvalue weighted by atomic mass is 10.0. The molecule has 0 fully saturated rings. The first-order chi connectivity index (χ1) is 16.2. The lowest BCUT2D eigenvalue weighted by molar-refractivity contribution is -0.137. The van der Waals surface area contributed by atoms with E-state index in [0.717, 1.165) is 33.2 Å². The minimum absolute atomic E-state index is 0.0102. The summed E-state index contributed by atoms with van der Waals surface area (Å²) in [6.45, 7) is 1.22. The molecule has 7 heteroatoms. The molecule has 0 spiro atoms. The van der Waals surface area contributed by atoms with Crippen LogP contribution < -0.4 is 5.32 Å². The third kappa shape index (κ3) is 4.78. The molecule has 7 nitrogen and oxygen atoms in total. The second-order valence-corrected chi connectivity index (χ2v) is 8.16. The second-order valence-electron chi connectivity index (χ2n) is 8.16. The van der Waals surface area contributed by atoms with Gasteiger partial charge in [0.1, 0.15) is 6.61 Å². The number of carbonyl (C=O) groups is 2. The molecular weight excluding hydrogens is 416 g/mol. The highest BCUT2D eigenvalue weighted by atomic mass is 16.5. The molecule has 0 atom stereocenters. The molecule has 0 saturated heterocycles. The summed E-state index contributed by atoms with van der Waals surface area (Å²) < 4.78 is 5.57. The van der Waals surface area contributed by atoms with Crippen molar-refractivity contribution in [2.45, 2.75) is 26.1 Å². The lowest BCUT2D eigenvalue weighted by Gasteiger charge is -2.16. The van der Waals surface area contributed by atoms with Gasteiger partial charge in [-0.25, -0.2) is 0 Å². The predicted octanol–water partition coefficient (Wildman–Crippen LogP) is 3.80. The molecule has 1 aliphatic rings. The fourth-order valence-electron chi connectivity index (χ4n) is 4.05. The van der Waals surface area contributed by atoms with Gasteiger partial charge < -0.3 is 15.0 Å². The molecule has 33 heavy (non-hydrogen) atoms. The van der Waals surface area contributed by atoms with E-state index in [-0.39, 0.29) is 24.8 Å². The Morgan fingerprint density at radius 3 is 2.58 bits per heavy atom. The highest BCUT2D eigenvalue weighted by molar-refractivity contribution is 5.93. The molecule has 166 valence electrons. The van der Waals surface area contributed by atoms with Crippen LogP contribution in [0, 0.1) is 0 Å². The number of aromatic amines is 1. The van der Waals surface area contributed by atoms with Gasteiger partial charge in [0.05, 0.1) is 31.8 Å². The Kier molecular flexibility index (Phi) is 5.87. The zero-order valence-electron chi connectivity index (χ0n) is 18.1. The number of ether oxygens (including phenoxy) is 1. The van der Waals surface area contributed by atoms with E-state index in [1.165, 1.54) is 0 Å². The Hall–Kier alpha value is -3.97. The quantitative estimate of drug-likeness (QED) is 0.458. The zero-order chi connectivity index (χ0) is 22.6. The lowest BCUT2D eigenvalue weighted by Crippen LogP contribution is -2.29. The maximum Gasteiger partial charge on any atom is 0.249 e. The van der Waals surface area contributed by atoms with Gasteiger partial charge in [-0.05, 0) is 21.9 Å². The molecule has 0 bridgehead atoms. The summed E-state index contributed by atoms with van der Waals surface area (Å²) in [5.41, 5.74) is 3.65. The number of hydrogen-bond acceptors (Lipinski definition) is 4. The van der Waals surface area contributed by atoms with Gasteiger partial charge in [-0.15, -0.1) is 0 Å². The Morgan fingerprint density at radius 1 is 0.939 bits per heavy atom. The van der Waals surface area contributed by atoms with E-state index in [4.69, 9.17) is 4.74 Å². The minimum atomic E-state index is -0.143. The van der Waals surface area contributed by atoms with Crippen molar-refractivity contribution in [3.05, 3.63) is 95.2 Å². The summed E-state index contributed by atoms with van der Waals surface area (Å²) in [7, 11) is 0. The van der Waals surface area contributed by atoms with E-state index < -0.39 is 0 Å². The van der Waals surface area contributed by atoms with E-state index >= 15 is 0 Å². The van der Waals surface area contributed by atoms with E-state index in [0.29, 0.717) is 25.5 Å². The summed E-state index contributed by atoms with van der Waals surface area (Å²) in [4.78, 5) is 26.9. The molecule has 4 aromatic rings. The number of aromatic nitrogens is 2. The zero-order valence-corrected chi connectivity index (χ0v) is 18.1. The molecule has 5 rings (SSSR count). The molecule has 1 aromatic heterocycles. The monoisotopic (exact) mass is 440 g/mol. The van der Waals surface area contributed by atoms with Crippen LogP contribution in [0.3, 0.4) is 0 Å². The van der Waals surface area contributed by atoms with Gasteiger partial charge in [-0.3, -0.25) is 14.7 Å². The Balaban J connectivity index is 1.16. The van der Waals surface area contributed by atoms with E-state index in [2.05, 4.69) is 15.5 Å². The first-order valence-corrected chi connectivity index (χ1v) is 10.9. The van der Waals surface area contributed by atoms with E-state index in [9.17, 15) is 9.59 Å². The van der Waals surface area contributed by atoms with Crippen molar-refractivity contribution >= 4 is 28.4 Å². The van der Waals surface area contributed by atoms with Crippen LogP contribution in [0.15, 0.2) is 72.8 Å². The summed E-state index contributed by atoms with van der Waals surface area (Å²) >= 11 is 0. The minimum Gasteiger partial charge on any atom is -0.367 e. The predicted molar refractivity (Wildman–Crippen MR) is 125 cm³/mol. The second kappa shape index (κ2) is 9.26. The summed E-state index contributed by atoms with van der Waals surface area (Å²) in [6, 6.07) is 23.8. The van der Waals surface area contributed by atoms with Gasteiger partial charge >= 0.3 is 0 Å². The number of carbonyl (C=O) groups excluding carboxylic acids is 2. The normalized spacial score (nSPS) is 12.7. The first kappa shape index (κ1) is 20.9. The Bertz CT molecular complexity index is 1300. The number of rotatable bonds is 7. The van der Waals surface area contributed by atoms with E-state index in [1.54, 1.807) is 4.90 Å². The largest absolute Gasteiger partial charge is 0.367 e. The average Bonchev–Trinajstić information content (AvgIpc) is 3.42. The van der Waals surface area contributed by atoms with Crippen LogP contribution in [0.1, 0.15) is 22.4 Å². The molecular formula is C26H24N4O3. The van der Waals surface area contributed by atoms with Gasteiger partial charge in [-0.2, -0.15) is 5.10 Å². The molecule has 3 aromatic carbocycles. The van der Waals surface area contributed by atoms with Gasteiger partial charge in [0.15, 0.2) is 5.82 Å². The topological polar surface area (TPSA) is 87.3 Å². The van der Waals surface area contributed by atoms with Crippen molar-refractivity contribution in [1.82, 2.24) is 15.1 Å². The van der Waals surface area contributed by atoms with Gasteiger partial charge in [0.2, 0.25) is 11.8 Å². The maximum atomic E-state index is 12.6. The van der Waals surface area contributed by atoms with Crippen molar-refractivity contribution in [2.75, 3.05) is 11.9 Å². The molecule has 0 aliphatic carbocycles. The molecule has 2 amide bonds. The molecule has 0 saturated carbocycles. The van der Waals surface area contributed by atoms with Crippen LogP contribution in [-0.4, -0.2) is 33.5 Å². The number of nitrogens with zero attached hydrogens (tertiary/aromatic N) is 2. The van der Waals surface area contributed by atoms with Crippen LogP contribution in [0.5, 0.6) is 0 Å². The van der Waals surface area contributed by atoms with Crippen LogP contribution >= 0.6 is 0 Å². The highest BCUT2D eigenvalue weighted by Gasteiger charge is 2.28. The summed E-state index contributed by atoms with van der Waals surface area (Å²) in [6.07, 6.45) is 0.252. The SMILES string of the molecule is O=C(Cc1ccc2ccccc2c1)Nc1n[nH]c2c1CN(C(=O)COCc1ccccc1)C2. The highest BCUT2D eigenvalue weighted by Crippen LogP contribution is 2.27. The van der Waals surface area contributed by atoms with Crippen molar-refractivity contribution < 1.29 is 14.3 Å². The fraction of sp³-hybridized carbons (Fsp3) is 0.192. The van der Waals surface area contributed by atoms with Crippen LogP contribution in [0.4, 0.5) is 5.82 Å². The van der Waals surface area contributed by atoms with E-state index in [1.807, 2.05) is 72.8 Å². The first-order valence-electron chi connectivity index (χ1n) is 10.9. The van der Waals surface area contributed by atoms with Gasteiger partial charge in [0, 0.05) is 5.56 Å². The number of fused-ring (bicyclic) bond motifs is 2. The van der Waals surface area contributed by atoms with Gasteiger partial charge in [0.25, 0.3) is 0 Å². The molecule has 2 N–H and O–H groups in total. The maximum absolute atomic E-state index is 12.6. The number of nitrogens with one attached hydrogen (secondary N) is 2. The molecule has 2 heterocycles. The number of H-pyrrole nitrogens is 1. The fourth-order valence-corrected chi connectivity index (χ4v) is 4.05. The smallest absolute Gasteiger partial charge is 0.249 e. The summed E-state index contributed by atoms with van der Waals surface area (Å²) in [5, 5.41) is 12.3. The molecule has 0 unspecified atom stereocenters. The molecule has 1 aliphatic heterocycles. The van der Waals surface area contributed by atoms with Crippen molar-refractivity contribution in [1.29, 1.82) is 0 Å². The van der Waals surface area contributed by atoms with Crippen LogP contribution in [0.25, 0.3) is 10.8 Å². The molecule has 0 radical (unpaired) electrons. The third-order valence-corrected chi connectivity index (χ3v) is 5.78. The van der Waals surface area contributed by atoms with Crippen molar-refractivity contribution in [3.8, 4) is 0 Å². The number of anilines is 1. The Morgan fingerprint density at radius 2 is 1.73 bits per heavy atom. The summed E-state index contributed by atoms with van der Waals surface area (Å²) in [5.74, 6) is 0.246. The Labute approximate surface area is 191 Å².